The maximum atomic E-state index is 11.1. The zero-order valence-corrected chi connectivity index (χ0v) is 11.8. The van der Waals surface area contributed by atoms with Gasteiger partial charge in [0.25, 0.3) is 5.69 Å². The van der Waals surface area contributed by atoms with E-state index in [1.54, 1.807) is 12.1 Å². The standard InChI is InChI=1S/C15H18N4O2/c1-2-18(13-6-4-3-5-7-13)11-12-8-9-14(17-16)15(10-12)19(20)21/h3-10,17H,2,11,16H2,1H3. The molecule has 0 bridgehead atoms. The normalized spacial score (nSPS) is 10.2. The number of nitro benzene ring substituents is 1. The van der Waals surface area contributed by atoms with Gasteiger partial charge in [0.2, 0.25) is 0 Å². The van der Waals surface area contributed by atoms with Gasteiger partial charge in [-0.25, -0.2) is 0 Å². The van der Waals surface area contributed by atoms with E-state index in [0.717, 1.165) is 17.8 Å². The maximum Gasteiger partial charge on any atom is 0.293 e. The van der Waals surface area contributed by atoms with Gasteiger partial charge in [-0.1, -0.05) is 24.3 Å². The lowest BCUT2D eigenvalue weighted by Gasteiger charge is -2.23. The predicted octanol–water partition coefficient (Wildman–Crippen LogP) is 2.91. The Labute approximate surface area is 123 Å². The maximum absolute atomic E-state index is 11.1. The highest BCUT2D eigenvalue weighted by Crippen LogP contribution is 2.26. The Morgan fingerprint density at radius 1 is 1.24 bits per heavy atom. The van der Waals surface area contributed by atoms with Crippen LogP contribution in [0, 0.1) is 10.1 Å². The average Bonchev–Trinajstić information content (AvgIpc) is 2.53. The molecule has 0 aromatic heterocycles. The first-order chi connectivity index (χ1) is 10.2. The summed E-state index contributed by atoms with van der Waals surface area (Å²) in [5.74, 6) is 5.29. The van der Waals surface area contributed by atoms with E-state index >= 15 is 0 Å². The van der Waals surface area contributed by atoms with Crippen molar-refractivity contribution in [2.45, 2.75) is 13.5 Å². The highest BCUT2D eigenvalue weighted by Gasteiger charge is 2.15. The fraction of sp³-hybridized carbons (Fsp3) is 0.200. The van der Waals surface area contributed by atoms with E-state index in [-0.39, 0.29) is 5.69 Å². The van der Waals surface area contributed by atoms with E-state index in [0.29, 0.717) is 12.2 Å². The largest absolute Gasteiger partial charge is 0.367 e. The van der Waals surface area contributed by atoms with Gasteiger partial charge < -0.3 is 10.3 Å². The van der Waals surface area contributed by atoms with Crippen LogP contribution in [0.4, 0.5) is 17.1 Å². The van der Waals surface area contributed by atoms with Crippen molar-refractivity contribution in [2.75, 3.05) is 16.9 Å². The Hall–Kier alpha value is -2.60. The van der Waals surface area contributed by atoms with Crippen molar-refractivity contribution in [1.82, 2.24) is 0 Å². The minimum Gasteiger partial charge on any atom is -0.367 e. The molecule has 0 saturated heterocycles. The van der Waals surface area contributed by atoms with E-state index in [2.05, 4.69) is 17.2 Å². The predicted molar refractivity (Wildman–Crippen MR) is 84.1 cm³/mol. The summed E-state index contributed by atoms with van der Waals surface area (Å²) in [5.41, 5.74) is 4.60. The minimum absolute atomic E-state index is 0.0147. The monoisotopic (exact) mass is 286 g/mol. The molecule has 0 aliphatic carbocycles. The third kappa shape index (κ3) is 3.49. The van der Waals surface area contributed by atoms with E-state index in [1.807, 2.05) is 36.4 Å². The fourth-order valence-corrected chi connectivity index (χ4v) is 2.19. The number of hydrazine groups is 1. The van der Waals surface area contributed by atoms with Gasteiger partial charge >= 0.3 is 0 Å². The number of nitrogen functional groups attached to an aromatic ring is 1. The first-order valence-corrected chi connectivity index (χ1v) is 6.69. The zero-order chi connectivity index (χ0) is 15.2. The zero-order valence-electron chi connectivity index (χ0n) is 11.8. The number of anilines is 2. The summed E-state index contributed by atoms with van der Waals surface area (Å²) in [4.78, 5) is 12.8. The molecule has 0 atom stereocenters. The molecule has 0 saturated carbocycles. The molecular weight excluding hydrogens is 268 g/mol. The molecule has 0 fully saturated rings. The molecule has 6 heteroatoms. The van der Waals surface area contributed by atoms with E-state index in [4.69, 9.17) is 5.84 Å². The molecule has 3 N–H and O–H groups in total. The molecule has 2 rings (SSSR count). The topological polar surface area (TPSA) is 84.4 Å². The van der Waals surface area contributed by atoms with Gasteiger partial charge in [-0.15, -0.1) is 0 Å². The van der Waals surface area contributed by atoms with Gasteiger partial charge in [0.1, 0.15) is 5.69 Å². The van der Waals surface area contributed by atoms with Gasteiger partial charge in [0.05, 0.1) is 4.92 Å². The first kappa shape index (κ1) is 14.8. The van der Waals surface area contributed by atoms with Crippen LogP contribution in [0.3, 0.4) is 0 Å². The van der Waals surface area contributed by atoms with Gasteiger partial charge in [-0.3, -0.25) is 16.0 Å². The summed E-state index contributed by atoms with van der Waals surface area (Å²) in [6.45, 7) is 3.47. The number of hydrogen-bond donors (Lipinski definition) is 2. The number of rotatable bonds is 6. The number of nitrogens with two attached hydrogens (primary N) is 1. The molecule has 0 aliphatic heterocycles. The van der Waals surface area contributed by atoms with Crippen molar-refractivity contribution in [3.05, 3.63) is 64.2 Å². The average molecular weight is 286 g/mol. The van der Waals surface area contributed by atoms with Gasteiger partial charge in [0, 0.05) is 24.8 Å². The summed E-state index contributed by atoms with van der Waals surface area (Å²) in [6, 6.07) is 15.0. The van der Waals surface area contributed by atoms with Gasteiger partial charge in [-0.2, -0.15) is 0 Å². The van der Waals surface area contributed by atoms with Crippen molar-refractivity contribution in [2.24, 2.45) is 5.84 Å². The lowest BCUT2D eigenvalue weighted by Crippen LogP contribution is -2.22. The quantitative estimate of drug-likeness (QED) is 0.484. The molecule has 0 amide bonds. The van der Waals surface area contributed by atoms with Crippen LogP contribution in [0.1, 0.15) is 12.5 Å². The molecule has 0 aliphatic rings. The van der Waals surface area contributed by atoms with Crippen LogP contribution in [-0.2, 0) is 6.54 Å². The van der Waals surface area contributed by atoms with Crippen LogP contribution < -0.4 is 16.2 Å². The number of nitro groups is 1. The van der Waals surface area contributed by atoms with Crippen LogP contribution in [-0.4, -0.2) is 11.5 Å². The SMILES string of the molecule is CCN(Cc1ccc(NN)c([N+](=O)[O-])c1)c1ccccc1. The Kier molecular flexibility index (Phi) is 4.73. The van der Waals surface area contributed by atoms with Crippen LogP contribution in [0.25, 0.3) is 0 Å². The number of hydrogen-bond acceptors (Lipinski definition) is 5. The van der Waals surface area contributed by atoms with Crippen LogP contribution in [0.2, 0.25) is 0 Å². The highest BCUT2D eigenvalue weighted by atomic mass is 16.6. The molecule has 6 nitrogen and oxygen atoms in total. The number of para-hydroxylation sites is 1. The lowest BCUT2D eigenvalue weighted by atomic mass is 10.1. The van der Waals surface area contributed by atoms with Crippen LogP contribution in [0.15, 0.2) is 48.5 Å². The first-order valence-electron chi connectivity index (χ1n) is 6.69. The summed E-state index contributed by atoms with van der Waals surface area (Å²) >= 11 is 0. The molecule has 21 heavy (non-hydrogen) atoms. The van der Waals surface area contributed by atoms with Crippen LogP contribution >= 0.6 is 0 Å². The molecule has 0 spiro atoms. The number of benzene rings is 2. The second-order valence-corrected chi connectivity index (χ2v) is 4.60. The Morgan fingerprint density at radius 2 is 1.95 bits per heavy atom. The van der Waals surface area contributed by atoms with Crippen LogP contribution in [0.5, 0.6) is 0 Å². The van der Waals surface area contributed by atoms with Crippen molar-refractivity contribution in [3.8, 4) is 0 Å². The molecule has 0 unspecified atom stereocenters. The Morgan fingerprint density at radius 3 is 2.52 bits per heavy atom. The molecule has 110 valence electrons. The second kappa shape index (κ2) is 6.71. The lowest BCUT2D eigenvalue weighted by molar-refractivity contribution is -0.384. The van der Waals surface area contributed by atoms with E-state index < -0.39 is 4.92 Å². The minimum atomic E-state index is -0.433. The van der Waals surface area contributed by atoms with E-state index in [1.165, 1.54) is 0 Å². The van der Waals surface area contributed by atoms with Crippen molar-refractivity contribution < 1.29 is 4.92 Å². The molecule has 0 radical (unpaired) electrons. The van der Waals surface area contributed by atoms with Crippen molar-refractivity contribution >= 4 is 17.1 Å². The fourth-order valence-electron chi connectivity index (χ4n) is 2.19. The third-order valence-electron chi connectivity index (χ3n) is 3.29. The highest BCUT2D eigenvalue weighted by molar-refractivity contribution is 5.62. The third-order valence-corrected chi connectivity index (χ3v) is 3.29. The Bertz CT molecular complexity index is 616. The molecular formula is C15H18N4O2. The molecule has 0 heterocycles. The van der Waals surface area contributed by atoms with E-state index in [9.17, 15) is 10.1 Å². The smallest absolute Gasteiger partial charge is 0.293 e. The Balaban J connectivity index is 2.26. The summed E-state index contributed by atoms with van der Waals surface area (Å²) in [6.07, 6.45) is 0. The summed E-state index contributed by atoms with van der Waals surface area (Å²) in [7, 11) is 0. The molecule has 2 aromatic rings. The van der Waals surface area contributed by atoms with Crippen molar-refractivity contribution in [3.63, 3.8) is 0 Å². The molecule has 2 aromatic carbocycles. The number of nitrogens with zero attached hydrogens (tertiary/aromatic N) is 2. The van der Waals surface area contributed by atoms with Gasteiger partial charge in [0.15, 0.2) is 0 Å². The summed E-state index contributed by atoms with van der Waals surface area (Å²) < 4.78 is 0. The van der Waals surface area contributed by atoms with Crippen molar-refractivity contribution in [1.29, 1.82) is 0 Å². The van der Waals surface area contributed by atoms with Gasteiger partial charge in [-0.05, 0) is 30.7 Å². The number of nitrogens with one attached hydrogen (secondary N) is 1. The second-order valence-electron chi connectivity index (χ2n) is 4.60. The summed E-state index contributed by atoms with van der Waals surface area (Å²) in [5, 5.41) is 11.1.